The van der Waals surface area contributed by atoms with Crippen LogP contribution in [0.3, 0.4) is 0 Å². The third-order valence-electron chi connectivity index (χ3n) is 4.51. The molecule has 0 heterocycles. The lowest BCUT2D eigenvalue weighted by Crippen LogP contribution is -2.35. The van der Waals surface area contributed by atoms with Crippen molar-refractivity contribution in [3.8, 4) is 0 Å². The van der Waals surface area contributed by atoms with Crippen LogP contribution in [0.25, 0.3) is 0 Å². The van der Waals surface area contributed by atoms with Crippen LogP contribution < -0.4 is 0 Å². The van der Waals surface area contributed by atoms with Gasteiger partial charge in [0.25, 0.3) is 0 Å². The third kappa shape index (κ3) is 11.2. The fraction of sp³-hybridized carbons (Fsp3) is 0.905. The van der Waals surface area contributed by atoms with E-state index in [9.17, 15) is 9.59 Å². The molecule has 0 radical (unpaired) electrons. The predicted octanol–water partition coefficient (Wildman–Crippen LogP) is 5.67. The summed E-state index contributed by atoms with van der Waals surface area (Å²) >= 11 is 0. The first kappa shape index (κ1) is 23.9. The van der Waals surface area contributed by atoms with Crippen molar-refractivity contribution in [2.75, 3.05) is 6.61 Å². The maximum absolute atomic E-state index is 12.7. The molecule has 0 aromatic heterocycles. The van der Waals surface area contributed by atoms with Gasteiger partial charge in [-0.05, 0) is 19.8 Å². The van der Waals surface area contributed by atoms with Crippen molar-refractivity contribution >= 4 is 11.9 Å². The highest BCUT2D eigenvalue weighted by Crippen LogP contribution is 2.22. The Bertz CT molecular complexity index is 340. The van der Waals surface area contributed by atoms with E-state index in [4.69, 9.17) is 9.47 Å². The van der Waals surface area contributed by atoms with Gasteiger partial charge in [0.05, 0.1) is 12.5 Å². The van der Waals surface area contributed by atoms with E-state index in [1.807, 2.05) is 13.8 Å². The molecule has 4 nitrogen and oxygen atoms in total. The van der Waals surface area contributed by atoms with Gasteiger partial charge in [-0.3, -0.25) is 4.79 Å². The van der Waals surface area contributed by atoms with Crippen molar-refractivity contribution in [1.29, 1.82) is 0 Å². The van der Waals surface area contributed by atoms with E-state index in [1.165, 1.54) is 25.7 Å². The topological polar surface area (TPSA) is 52.6 Å². The van der Waals surface area contributed by atoms with Gasteiger partial charge in [-0.15, -0.1) is 0 Å². The molecule has 0 aliphatic carbocycles. The number of hydrogen-bond donors (Lipinski definition) is 0. The Labute approximate surface area is 155 Å². The molecule has 4 heteroatoms. The van der Waals surface area contributed by atoms with Crippen molar-refractivity contribution < 1.29 is 19.1 Å². The Balaban J connectivity index is 4.69. The lowest BCUT2D eigenvalue weighted by molar-refractivity contribution is -0.173. The zero-order valence-electron chi connectivity index (χ0n) is 17.1. The second kappa shape index (κ2) is 15.2. The first-order valence-electron chi connectivity index (χ1n) is 10.3. The van der Waals surface area contributed by atoms with Crippen LogP contribution in [0, 0.1) is 11.8 Å². The molecule has 0 amide bonds. The highest BCUT2D eigenvalue weighted by Gasteiger charge is 2.30. The van der Waals surface area contributed by atoms with Gasteiger partial charge >= 0.3 is 11.9 Å². The van der Waals surface area contributed by atoms with Crippen molar-refractivity contribution in [2.45, 2.75) is 105 Å². The van der Waals surface area contributed by atoms with Crippen molar-refractivity contribution in [2.24, 2.45) is 11.8 Å². The van der Waals surface area contributed by atoms with E-state index in [-0.39, 0.29) is 17.8 Å². The van der Waals surface area contributed by atoms with Crippen LogP contribution in [0.5, 0.6) is 0 Å². The number of ether oxygens (including phenoxy) is 2. The Morgan fingerprint density at radius 1 is 0.760 bits per heavy atom. The average molecular weight is 357 g/mol. The average Bonchev–Trinajstić information content (AvgIpc) is 2.57. The second-order valence-electron chi connectivity index (χ2n) is 7.25. The van der Waals surface area contributed by atoms with Crippen molar-refractivity contribution in [3.05, 3.63) is 0 Å². The molecular formula is C21H40O4. The maximum Gasteiger partial charge on any atom is 0.347 e. The number of unbranched alkanes of at least 4 members (excludes halogenated alkanes) is 6. The fourth-order valence-corrected chi connectivity index (χ4v) is 2.92. The molecule has 0 aromatic rings. The minimum absolute atomic E-state index is 0.0798. The molecule has 0 aliphatic heterocycles. The number of hydrogen-bond acceptors (Lipinski definition) is 4. The van der Waals surface area contributed by atoms with Crippen LogP contribution in [0.1, 0.15) is 98.8 Å². The predicted molar refractivity (Wildman–Crippen MR) is 102 cm³/mol. The number of carbonyl (C=O) groups is 2. The van der Waals surface area contributed by atoms with Crippen LogP contribution in [-0.2, 0) is 19.1 Å². The summed E-state index contributed by atoms with van der Waals surface area (Å²) in [7, 11) is 0. The molecule has 0 bridgehead atoms. The highest BCUT2D eigenvalue weighted by atomic mass is 16.6. The molecule has 0 aliphatic rings. The summed E-state index contributed by atoms with van der Waals surface area (Å²) in [4.78, 5) is 24.7. The summed E-state index contributed by atoms with van der Waals surface area (Å²) in [5.74, 6) is -0.825. The van der Waals surface area contributed by atoms with Crippen molar-refractivity contribution in [1.82, 2.24) is 0 Å². The summed E-state index contributed by atoms with van der Waals surface area (Å²) in [5, 5.41) is 0. The first-order valence-corrected chi connectivity index (χ1v) is 10.3. The van der Waals surface area contributed by atoms with E-state index < -0.39 is 12.1 Å². The molecular weight excluding hydrogens is 316 g/mol. The molecule has 0 saturated carbocycles. The standard InChI is InChI=1S/C21H40O4/c1-6-9-11-13-15-18(16-14-12-10-7-2)20(22)25-19(17(4)5)21(23)24-8-3/h17-19H,6-16H2,1-5H3. The molecule has 0 saturated heterocycles. The summed E-state index contributed by atoms with van der Waals surface area (Å²) in [5.41, 5.74) is 0. The summed E-state index contributed by atoms with van der Waals surface area (Å²) in [6.07, 6.45) is 10.1. The molecule has 1 atom stereocenters. The first-order chi connectivity index (χ1) is 12.0. The quantitative estimate of drug-likeness (QED) is 0.280. The number of rotatable bonds is 15. The summed E-state index contributed by atoms with van der Waals surface area (Å²) < 4.78 is 10.6. The normalized spacial score (nSPS) is 12.4. The molecule has 25 heavy (non-hydrogen) atoms. The van der Waals surface area contributed by atoms with Gasteiger partial charge in [-0.2, -0.15) is 0 Å². The zero-order valence-corrected chi connectivity index (χ0v) is 17.1. The van der Waals surface area contributed by atoms with Gasteiger partial charge in [0.15, 0.2) is 0 Å². The molecule has 0 aromatic carbocycles. The minimum atomic E-state index is -0.791. The lowest BCUT2D eigenvalue weighted by atomic mass is 9.94. The number of esters is 2. The van der Waals surface area contributed by atoms with Gasteiger partial charge in [0.2, 0.25) is 6.10 Å². The van der Waals surface area contributed by atoms with Crippen LogP contribution in [0.15, 0.2) is 0 Å². The molecule has 0 N–H and O–H groups in total. The van der Waals surface area contributed by atoms with Crippen LogP contribution in [0.2, 0.25) is 0 Å². The lowest BCUT2D eigenvalue weighted by Gasteiger charge is -2.23. The Kier molecular flexibility index (Phi) is 14.6. The minimum Gasteiger partial charge on any atom is -0.463 e. The van der Waals surface area contributed by atoms with Gasteiger partial charge in [0, 0.05) is 5.92 Å². The molecule has 148 valence electrons. The van der Waals surface area contributed by atoms with Crippen molar-refractivity contribution in [3.63, 3.8) is 0 Å². The van der Waals surface area contributed by atoms with Gasteiger partial charge in [-0.1, -0.05) is 79.1 Å². The van der Waals surface area contributed by atoms with E-state index in [0.29, 0.717) is 6.61 Å². The van der Waals surface area contributed by atoms with Gasteiger partial charge in [0.1, 0.15) is 0 Å². The monoisotopic (exact) mass is 356 g/mol. The van der Waals surface area contributed by atoms with Crippen LogP contribution >= 0.6 is 0 Å². The highest BCUT2D eigenvalue weighted by molar-refractivity contribution is 5.80. The van der Waals surface area contributed by atoms with E-state index in [1.54, 1.807) is 6.92 Å². The SMILES string of the molecule is CCCCCCC(CCCCCC)C(=O)OC(C(=O)OCC)C(C)C. The Hall–Kier alpha value is -1.06. The smallest absolute Gasteiger partial charge is 0.347 e. The molecule has 0 fully saturated rings. The molecule has 0 rings (SSSR count). The van der Waals surface area contributed by atoms with E-state index in [0.717, 1.165) is 38.5 Å². The van der Waals surface area contributed by atoms with Gasteiger partial charge in [-0.25, -0.2) is 4.79 Å². The van der Waals surface area contributed by atoms with Gasteiger partial charge < -0.3 is 9.47 Å². The summed E-state index contributed by atoms with van der Waals surface area (Å²) in [6, 6.07) is 0. The largest absolute Gasteiger partial charge is 0.463 e. The van der Waals surface area contributed by atoms with E-state index >= 15 is 0 Å². The van der Waals surface area contributed by atoms with E-state index in [2.05, 4.69) is 13.8 Å². The molecule has 0 spiro atoms. The fourth-order valence-electron chi connectivity index (χ4n) is 2.92. The Morgan fingerprint density at radius 2 is 1.28 bits per heavy atom. The summed E-state index contributed by atoms with van der Waals surface area (Å²) in [6.45, 7) is 10.2. The molecule has 1 unspecified atom stereocenters. The Morgan fingerprint density at radius 3 is 1.68 bits per heavy atom. The maximum atomic E-state index is 12.7. The number of carbonyl (C=O) groups excluding carboxylic acids is 2. The van der Waals surface area contributed by atoms with Crippen LogP contribution in [0.4, 0.5) is 0 Å². The second-order valence-corrected chi connectivity index (χ2v) is 7.25. The van der Waals surface area contributed by atoms with Crippen LogP contribution in [-0.4, -0.2) is 24.6 Å². The zero-order chi connectivity index (χ0) is 19.1. The third-order valence-corrected chi connectivity index (χ3v) is 4.51.